The number of carbonyl (C=O) groups excluding carboxylic acids is 1. The SMILES string of the molecule is CS(=O)(=O)c1ccc(Oc2ncnc3c2cnn3C2CCN(C(=O)C3CCC3)CC2)cc1. The Morgan fingerprint density at radius 1 is 1.06 bits per heavy atom. The average Bonchev–Trinajstić information content (AvgIpc) is 3.17. The summed E-state index contributed by atoms with van der Waals surface area (Å²) in [4.78, 5) is 23.4. The quantitative estimate of drug-likeness (QED) is 0.582. The first-order chi connectivity index (χ1) is 15.4. The summed E-state index contributed by atoms with van der Waals surface area (Å²) in [6, 6.07) is 6.37. The van der Waals surface area contributed by atoms with Gasteiger partial charge in [0.15, 0.2) is 15.5 Å². The second-order valence-electron chi connectivity index (χ2n) is 8.54. The van der Waals surface area contributed by atoms with E-state index in [9.17, 15) is 13.2 Å². The van der Waals surface area contributed by atoms with Gasteiger partial charge in [0.25, 0.3) is 0 Å². The van der Waals surface area contributed by atoms with Crippen LogP contribution >= 0.6 is 0 Å². The number of nitrogens with zero attached hydrogens (tertiary/aromatic N) is 5. The third kappa shape index (κ3) is 3.94. The largest absolute Gasteiger partial charge is 0.438 e. The minimum atomic E-state index is -3.27. The van der Waals surface area contributed by atoms with E-state index in [2.05, 4.69) is 15.1 Å². The molecule has 168 valence electrons. The van der Waals surface area contributed by atoms with E-state index in [0.29, 0.717) is 28.6 Å². The summed E-state index contributed by atoms with van der Waals surface area (Å²) in [6.07, 6.45) is 9.19. The topological polar surface area (TPSA) is 107 Å². The summed E-state index contributed by atoms with van der Waals surface area (Å²) in [7, 11) is -3.27. The minimum absolute atomic E-state index is 0.162. The summed E-state index contributed by atoms with van der Waals surface area (Å²) in [5, 5.41) is 5.24. The number of ether oxygens (including phenoxy) is 1. The van der Waals surface area contributed by atoms with Crippen molar-refractivity contribution in [3.63, 3.8) is 0 Å². The highest BCUT2D eigenvalue weighted by Gasteiger charge is 2.32. The fraction of sp³-hybridized carbons (Fsp3) is 0.455. The molecule has 32 heavy (non-hydrogen) atoms. The number of hydrogen-bond donors (Lipinski definition) is 0. The minimum Gasteiger partial charge on any atom is -0.438 e. The van der Waals surface area contributed by atoms with Crippen LogP contribution in [0.5, 0.6) is 11.6 Å². The van der Waals surface area contributed by atoms with E-state index in [4.69, 9.17) is 4.74 Å². The molecule has 0 radical (unpaired) electrons. The van der Waals surface area contributed by atoms with Crippen molar-refractivity contribution in [3.05, 3.63) is 36.8 Å². The van der Waals surface area contributed by atoms with Crippen molar-refractivity contribution in [1.82, 2.24) is 24.6 Å². The Hall–Kier alpha value is -3.01. The molecule has 3 heterocycles. The van der Waals surface area contributed by atoms with Crippen LogP contribution in [0.25, 0.3) is 11.0 Å². The molecule has 1 saturated carbocycles. The molecule has 1 aliphatic heterocycles. The van der Waals surface area contributed by atoms with Crippen molar-refractivity contribution in [2.45, 2.75) is 43.0 Å². The summed E-state index contributed by atoms with van der Waals surface area (Å²) in [5.41, 5.74) is 0.687. The maximum absolute atomic E-state index is 12.5. The van der Waals surface area contributed by atoms with Crippen molar-refractivity contribution < 1.29 is 17.9 Å². The molecule has 3 aromatic rings. The molecule has 1 saturated heterocycles. The number of likely N-dealkylation sites (tertiary alicyclic amines) is 1. The van der Waals surface area contributed by atoms with Gasteiger partial charge in [0.2, 0.25) is 11.8 Å². The number of fused-ring (bicyclic) bond motifs is 1. The number of rotatable bonds is 5. The lowest BCUT2D eigenvalue weighted by molar-refractivity contribution is -0.139. The second kappa shape index (κ2) is 8.16. The number of sulfone groups is 1. The predicted molar refractivity (Wildman–Crippen MR) is 117 cm³/mol. The third-order valence-electron chi connectivity index (χ3n) is 6.40. The van der Waals surface area contributed by atoms with Gasteiger partial charge in [0.1, 0.15) is 17.5 Å². The second-order valence-corrected chi connectivity index (χ2v) is 10.6. The molecule has 1 aromatic carbocycles. The number of carbonyl (C=O) groups is 1. The van der Waals surface area contributed by atoms with Gasteiger partial charge in [-0.2, -0.15) is 5.10 Å². The highest BCUT2D eigenvalue weighted by Crippen LogP contribution is 2.33. The van der Waals surface area contributed by atoms with Gasteiger partial charge in [-0.25, -0.2) is 23.1 Å². The van der Waals surface area contributed by atoms with E-state index in [-0.39, 0.29) is 16.9 Å². The Balaban J connectivity index is 1.32. The van der Waals surface area contributed by atoms with E-state index >= 15 is 0 Å². The number of amides is 1. The Morgan fingerprint density at radius 2 is 1.78 bits per heavy atom. The highest BCUT2D eigenvalue weighted by atomic mass is 32.2. The van der Waals surface area contributed by atoms with Crippen LogP contribution in [0.3, 0.4) is 0 Å². The molecular formula is C22H25N5O4S. The lowest BCUT2D eigenvalue weighted by Gasteiger charge is -2.36. The van der Waals surface area contributed by atoms with Gasteiger partial charge in [0.05, 0.1) is 17.1 Å². The summed E-state index contributed by atoms with van der Waals surface area (Å²) in [6.45, 7) is 1.48. The molecule has 0 bridgehead atoms. The van der Waals surface area contributed by atoms with Gasteiger partial charge < -0.3 is 9.64 Å². The Morgan fingerprint density at radius 3 is 2.41 bits per heavy atom. The molecule has 0 atom stereocenters. The van der Waals surface area contributed by atoms with Gasteiger partial charge in [0, 0.05) is 25.3 Å². The molecule has 1 aliphatic carbocycles. The van der Waals surface area contributed by atoms with Crippen molar-refractivity contribution in [2.24, 2.45) is 5.92 Å². The van der Waals surface area contributed by atoms with E-state index in [1.807, 2.05) is 9.58 Å². The van der Waals surface area contributed by atoms with Crippen LogP contribution in [0.1, 0.15) is 38.1 Å². The first-order valence-electron chi connectivity index (χ1n) is 10.8. The van der Waals surface area contributed by atoms with Crippen LogP contribution < -0.4 is 4.74 Å². The average molecular weight is 456 g/mol. The van der Waals surface area contributed by atoms with Gasteiger partial charge in [-0.3, -0.25) is 4.79 Å². The molecule has 2 aliphatic rings. The van der Waals surface area contributed by atoms with E-state index < -0.39 is 9.84 Å². The van der Waals surface area contributed by atoms with Gasteiger partial charge in [-0.1, -0.05) is 6.42 Å². The smallest absolute Gasteiger partial charge is 0.233 e. The van der Waals surface area contributed by atoms with Crippen molar-refractivity contribution in [1.29, 1.82) is 0 Å². The van der Waals surface area contributed by atoms with Gasteiger partial charge in [-0.05, 0) is 49.9 Å². The molecule has 1 amide bonds. The highest BCUT2D eigenvalue weighted by molar-refractivity contribution is 7.90. The van der Waals surface area contributed by atoms with E-state index in [1.54, 1.807) is 18.3 Å². The monoisotopic (exact) mass is 455 g/mol. The fourth-order valence-corrected chi connectivity index (χ4v) is 4.93. The maximum atomic E-state index is 12.5. The first kappa shape index (κ1) is 20.9. The Kier molecular flexibility index (Phi) is 5.32. The summed E-state index contributed by atoms with van der Waals surface area (Å²) >= 11 is 0. The van der Waals surface area contributed by atoms with Crippen molar-refractivity contribution in [3.8, 4) is 11.6 Å². The summed E-state index contributed by atoms with van der Waals surface area (Å²) < 4.78 is 31.1. The molecule has 0 unspecified atom stereocenters. The third-order valence-corrected chi connectivity index (χ3v) is 7.53. The number of piperidine rings is 1. The summed E-state index contributed by atoms with van der Waals surface area (Å²) in [5.74, 6) is 1.38. The zero-order chi connectivity index (χ0) is 22.3. The van der Waals surface area contributed by atoms with Crippen molar-refractivity contribution >= 4 is 26.8 Å². The zero-order valence-electron chi connectivity index (χ0n) is 17.8. The number of benzene rings is 1. The van der Waals surface area contributed by atoms with Crippen LogP contribution in [0.4, 0.5) is 0 Å². The van der Waals surface area contributed by atoms with Crippen LogP contribution in [-0.4, -0.2) is 58.3 Å². The molecule has 2 aromatic heterocycles. The maximum Gasteiger partial charge on any atom is 0.233 e. The van der Waals surface area contributed by atoms with E-state index in [1.165, 1.54) is 24.7 Å². The normalized spacial score (nSPS) is 18.0. The fourth-order valence-electron chi connectivity index (χ4n) is 4.30. The van der Waals surface area contributed by atoms with Crippen LogP contribution in [-0.2, 0) is 14.6 Å². The Labute approximate surface area is 186 Å². The van der Waals surface area contributed by atoms with Gasteiger partial charge >= 0.3 is 0 Å². The van der Waals surface area contributed by atoms with Crippen LogP contribution in [0.2, 0.25) is 0 Å². The lowest BCUT2D eigenvalue weighted by atomic mass is 9.84. The molecule has 2 fully saturated rings. The molecule has 0 spiro atoms. The Bertz CT molecular complexity index is 1240. The molecule has 9 nitrogen and oxygen atoms in total. The number of aromatic nitrogens is 4. The van der Waals surface area contributed by atoms with Gasteiger partial charge in [-0.15, -0.1) is 0 Å². The molecule has 10 heteroatoms. The predicted octanol–water partition coefficient (Wildman–Crippen LogP) is 2.99. The van der Waals surface area contributed by atoms with Crippen molar-refractivity contribution in [2.75, 3.05) is 19.3 Å². The zero-order valence-corrected chi connectivity index (χ0v) is 18.7. The molecular weight excluding hydrogens is 430 g/mol. The molecule has 5 rings (SSSR count). The molecule has 0 N–H and O–H groups in total. The van der Waals surface area contributed by atoms with Crippen LogP contribution in [0, 0.1) is 5.92 Å². The number of hydrogen-bond acceptors (Lipinski definition) is 7. The standard InChI is InChI=1S/C22H25N5O4S/c1-32(29,30)18-7-5-17(6-8-18)31-21-19-13-25-27(20(19)23-14-24-21)16-9-11-26(12-10-16)22(28)15-3-2-4-15/h5-8,13-16H,2-4,9-12H2,1H3. The first-order valence-corrected chi connectivity index (χ1v) is 12.7. The van der Waals surface area contributed by atoms with Crippen LogP contribution in [0.15, 0.2) is 41.7 Å². The van der Waals surface area contributed by atoms with E-state index in [0.717, 1.165) is 45.2 Å². The lowest BCUT2D eigenvalue weighted by Crippen LogP contribution is -2.43.